The number of fused-ring (bicyclic) bond motifs is 1. The first kappa shape index (κ1) is 18.1. The Hall–Kier alpha value is -2.71. The van der Waals surface area contributed by atoms with Crippen molar-refractivity contribution < 1.29 is 23.1 Å². The van der Waals surface area contributed by atoms with Crippen molar-refractivity contribution in [2.45, 2.75) is 0 Å². The second kappa shape index (κ2) is 7.67. The molecule has 134 valence electrons. The average Bonchev–Trinajstić information content (AvgIpc) is 2.95. The van der Waals surface area contributed by atoms with Crippen molar-refractivity contribution >= 4 is 44.8 Å². The van der Waals surface area contributed by atoms with Crippen LogP contribution in [0.5, 0.6) is 5.75 Å². The second-order valence-corrected chi connectivity index (χ2v) is 6.56. The maximum Gasteiger partial charge on any atom is 0.281 e. The molecule has 0 spiro atoms. The van der Waals surface area contributed by atoms with Crippen LogP contribution in [0.1, 0.15) is 9.67 Å². The summed E-state index contributed by atoms with van der Waals surface area (Å²) in [5, 5.41) is 0.730. The molecule has 1 heterocycles. The molecular formula is C17H11ClF2N2O3S. The summed E-state index contributed by atoms with van der Waals surface area (Å²) in [6.45, 7) is -0.378. The van der Waals surface area contributed by atoms with Crippen molar-refractivity contribution in [3.63, 3.8) is 0 Å². The first-order chi connectivity index (χ1) is 12.4. The third kappa shape index (κ3) is 4.09. The Bertz CT molecular complexity index is 976. The summed E-state index contributed by atoms with van der Waals surface area (Å²) >= 11 is 7.14. The molecule has 2 aromatic carbocycles. The summed E-state index contributed by atoms with van der Waals surface area (Å²) in [5.41, 5.74) is 4.40. The van der Waals surface area contributed by atoms with Gasteiger partial charge in [-0.1, -0.05) is 11.6 Å². The number of hydrogen-bond acceptors (Lipinski definition) is 4. The number of carbonyl (C=O) groups is 2. The number of ether oxygens (including phenoxy) is 1. The molecule has 0 fully saturated rings. The van der Waals surface area contributed by atoms with E-state index in [-0.39, 0.29) is 16.5 Å². The van der Waals surface area contributed by atoms with Gasteiger partial charge in [-0.3, -0.25) is 20.4 Å². The predicted octanol–water partition coefficient (Wildman–Crippen LogP) is 3.67. The van der Waals surface area contributed by atoms with Gasteiger partial charge in [-0.15, -0.1) is 11.3 Å². The topological polar surface area (TPSA) is 67.4 Å². The summed E-state index contributed by atoms with van der Waals surface area (Å²) < 4.78 is 31.7. The molecule has 0 radical (unpaired) electrons. The fraction of sp³-hybridized carbons (Fsp3) is 0.0588. The molecule has 3 aromatic rings. The van der Waals surface area contributed by atoms with Crippen LogP contribution in [0, 0.1) is 11.6 Å². The number of halogens is 3. The van der Waals surface area contributed by atoms with Crippen LogP contribution in [-0.2, 0) is 4.79 Å². The van der Waals surface area contributed by atoms with Crippen molar-refractivity contribution in [1.82, 2.24) is 10.9 Å². The molecule has 5 nitrogen and oxygen atoms in total. The molecular weight excluding hydrogens is 386 g/mol. The largest absolute Gasteiger partial charge is 0.484 e. The highest BCUT2D eigenvalue weighted by molar-refractivity contribution is 7.21. The Balaban J connectivity index is 1.57. The number of thiophene rings is 1. The number of carbonyl (C=O) groups excluding carboxylic acids is 2. The Morgan fingerprint density at radius 3 is 2.46 bits per heavy atom. The van der Waals surface area contributed by atoms with E-state index in [1.54, 1.807) is 0 Å². The molecule has 0 saturated heterocycles. The number of hydrogen-bond donors (Lipinski definition) is 2. The minimum atomic E-state index is -0.633. The second-order valence-electron chi connectivity index (χ2n) is 5.13. The molecule has 0 aliphatic rings. The van der Waals surface area contributed by atoms with Crippen molar-refractivity contribution in [3.8, 4) is 5.75 Å². The van der Waals surface area contributed by atoms with Gasteiger partial charge in [-0.2, -0.15) is 0 Å². The Kier molecular flexibility index (Phi) is 5.34. The first-order valence-corrected chi connectivity index (χ1v) is 8.48. The van der Waals surface area contributed by atoms with Crippen LogP contribution in [0.3, 0.4) is 0 Å². The van der Waals surface area contributed by atoms with E-state index in [2.05, 4.69) is 10.9 Å². The van der Waals surface area contributed by atoms with Gasteiger partial charge in [0.05, 0.1) is 5.02 Å². The van der Waals surface area contributed by atoms with E-state index in [1.807, 2.05) is 0 Å². The highest BCUT2D eigenvalue weighted by Crippen LogP contribution is 2.35. The Labute approximate surface area is 155 Å². The minimum Gasteiger partial charge on any atom is -0.484 e. The van der Waals surface area contributed by atoms with Gasteiger partial charge in [-0.25, -0.2) is 8.78 Å². The van der Waals surface area contributed by atoms with Crippen LogP contribution in [-0.4, -0.2) is 18.4 Å². The predicted molar refractivity (Wildman–Crippen MR) is 94.3 cm³/mol. The number of benzene rings is 2. The fourth-order valence-corrected chi connectivity index (χ4v) is 3.52. The van der Waals surface area contributed by atoms with E-state index in [0.717, 1.165) is 11.3 Å². The van der Waals surface area contributed by atoms with Gasteiger partial charge < -0.3 is 4.74 Å². The monoisotopic (exact) mass is 396 g/mol. The molecule has 0 aliphatic heterocycles. The number of amides is 2. The lowest BCUT2D eigenvalue weighted by Crippen LogP contribution is -2.43. The van der Waals surface area contributed by atoms with E-state index in [1.165, 1.54) is 42.5 Å². The molecule has 0 saturated carbocycles. The molecule has 9 heteroatoms. The quantitative estimate of drug-likeness (QED) is 0.661. The van der Waals surface area contributed by atoms with Crippen molar-refractivity contribution in [1.29, 1.82) is 0 Å². The third-order valence-electron chi connectivity index (χ3n) is 3.30. The van der Waals surface area contributed by atoms with Gasteiger partial charge in [0, 0.05) is 10.1 Å². The first-order valence-electron chi connectivity index (χ1n) is 7.29. The molecule has 2 N–H and O–H groups in total. The van der Waals surface area contributed by atoms with E-state index in [4.69, 9.17) is 16.3 Å². The van der Waals surface area contributed by atoms with Crippen molar-refractivity contribution in [2.24, 2.45) is 0 Å². The van der Waals surface area contributed by atoms with Crippen LogP contribution in [0.2, 0.25) is 5.02 Å². The van der Waals surface area contributed by atoms with Crippen molar-refractivity contribution in [2.75, 3.05) is 6.61 Å². The van der Waals surface area contributed by atoms with Gasteiger partial charge >= 0.3 is 0 Å². The molecule has 3 rings (SSSR count). The summed E-state index contributed by atoms with van der Waals surface area (Å²) in [6.07, 6.45) is 0. The summed E-state index contributed by atoms with van der Waals surface area (Å²) in [6, 6.07) is 9.14. The van der Waals surface area contributed by atoms with E-state index in [9.17, 15) is 18.4 Å². The fourth-order valence-electron chi connectivity index (χ4n) is 2.08. The van der Waals surface area contributed by atoms with Crippen LogP contribution >= 0.6 is 22.9 Å². The summed E-state index contributed by atoms with van der Waals surface area (Å²) in [7, 11) is 0. The average molecular weight is 397 g/mol. The number of rotatable bonds is 4. The molecule has 0 atom stereocenters. The summed E-state index contributed by atoms with van der Waals surface area (Å²) in [5.74, 6) is -1.80. The molecule has 0 aliphatic carbocycles. The van der Waals surface area contributed by atoms with E-state index < -0.39 is 23.4 Å². The highest BCUT2D eigenvalue weighted by atomic mass is 35.5. The van der Waals surface area contributed by atoms with Crippen LogP contribution in [0.25, 0.3) is 10.1 Å². The standard InChI is InChI=1S/C17H11ClF2N2O3S/c18-15-12-6-3-10(20)7-13(12)26-16(15)17(24)22-21-14(23)8-25-11-4-1-9(19)2-5-11/h1-7H,8H2,(H,21,23)(H,22,24). The summed E-state index contributed by atoms with van der Waals surface area (Å²) in [4.78, 5) is 24.0. The van der Waals surface area contributed by atoms with Crippen molar-refractivity contribution in [3.05, 3.63) is 64.0 Å². The van der Waals surface area contributed by atoms with Crippen LogP contribution in [0.15, 0.2) is 42.5 Å². The molecule has 26 heavy (non-hydrogen) atoms. The van der Waals surface area contributed by atoms with Gasteiger partial charge in [0.25, 0.3) is 11.8 Å². The van der Waals surface area contributed by atoms with Gasteiger partial charge in [-0.05, 0) is 42.5 Å². The molecule has 0 bridgehead atoms. The van der Waals surface area contributed by atoms with Gasteiger partial charge in [0.2, 0.25) is 0 Å². The van der Waals surface area contributed by atoms with Gasteiger partial charge in [0.1, 0.15) is 22.3 Å². The van der Waals surface area contributed by atoms with Gasteiger partial charge in [0.15, 0.2) is 6.61 Å². The van der Waals surface area contributed by atoms with Crippen LogP contribution < -0.4 is 15.6 Å². The number of nitrogens with one attached hydrogen (secondary N) is 2. The lowest BCUT2D eigenvalue weighted by molar-refractivity contribution is -0.123. The van der Waals surface area contributed by atoms with E-state index in [0.29, 0.717) is 15.8 Å². The Morgan fingerprint density at radius 2 is 1.73 bits per heavy atom. The smallest absolute Gasteiger partial charge is 0.281 e. The van der Waals surface area contributed by atoms with E-state index >= 15 is 0 Å². The third-order valence-corrected chi connectivity index (χ3v) is 4.95. The molecule has 1 aromatic heterocycles. The Morgan fingerprint density at radius 1 is 1.04 bits per heavy atom. The highest BCUT2D eigenvalue weighted by Gasteiger charge is 2.18. The maximum absolute atomic E-state index is 13.3. The zero-order valence-electron chi connectivity index (χ0n) is 13.0. The van der Waals surface area contributed by atoms with Crippen LogP contribution in [0.4, 0.5) is 8.78 Å². The normalized spacial score (nSPS) is 10.6. The number of hydrazine groups is 1. The SMILES string of the molecule is O=C(COc1ccc(F)cc1)NNC(=O)c1sc2cc(F)ccc2c1Cl. The lowest BCUT2D eigenvalue weighted by Gasteiger charge is -2.08. The molecule has 0 unspecified atom stereocenters. The lowest BCUT2D eigenvalue weighted by atomic mass is 10.2. The zero-order chi connectivity index (χ0) is 18.7. The maximum atomic E-state index is 13.3. The zero-order valence-corrected chi connectivity index (χ0v) is 14.6. The molecule has 2 amide bonds. The minimum absolute atomic E-state index is 0.145.